The number of epoxide rings is 2. The van der Waals surface area contributed by atoms with E-state index in [1.807, 2.05) is 26.8 Å². The summed E-state index contributed by atoms with van der Waals surface area (Å²) in [6, 6.07) is 0. The van der Waals surface area contributed by atoms with E-state index in [0.717, 1.165) is 5.57 Å². The lowest BCUT2D eigenvalue weighted by Crippen LogP contribution is -2.66. The molecule has 10 heteroatoms. The van der Waals surface area contributed by atoms with Crippen molar-refractivity contribution in [3.8, 4) is 0 Å². The molecule has 3 aliphatic heterocycles. The number of fused-ring (bicyclic) bond motifs is 3. The predicted octanol–water partition coefficient (Wildman–Crippen LogP) is 2.16. The molecule has 0 N–H and O–H groups in total. The lowest BCUT2D eigenvalue weighted by atomic mass is 9.53. The van der Waals surface area contributed by atoms with Gasteiger partial charge in [-0.25, -0.2) is 4.79 Å². The standard InChI is InChI=1S/C26H34O10/c1-12-8-9-16(31-13(2)27)23(5)17(32-14(3)28)11-18-24(6,35-18)20(23)21(33-15(4)29)26-19(10-12)34-22(30)25(26,7)36-26/h10,16-21H,8-9,11H2,1-7H3/b12-10-/t16-,17+,18-,19+,20-,21-,23+,24-,25?,26+/m1/s1. The highest BCUT2D eigenvalue weighted by atomic mass is 16.7. The summed E-state index contributed by atoms with van der Waals surface area (Å²) in [6.07, 6.45) is -0.313. The minimum atomic E-state index is -1.33. The molecule has 0 aromatic carbocycles. The summed E-state index contributed by atoms with van der Waals surface area (Å²) in [5.74, 6) is -2.71. The van der Waals surface area contributed by atoms with Crippen LogP contribution in [0, 0.1) is 11.3 Å². The van der Waals surface area contributed by atoms with Gasteiger partial charge in [-0.05, 0) is 39.7 Å². The first kappa shape index (κ1) is 25.2. The lowest BCUT2D eigenvalue weighted by molar-refractivity contribution is -0.212. The third-order valence-electron chi connectivity index (χ3n) is 9.08. The maximum Gasteiger partial charge on any atom is 0.342 e. The first-order valence-corrected chi connectivity index (χ1v) is 12.5. The van der Waals surface area contributed by atoms with Crippen LogP contribution in [-0.2, 0) is 47.6 Å². The summed E-state index contributed by atoms with van der Waals surface area (Å²) in [4.78, 5) is 50.1. The molecule has 10 nitrogen and oxygen atoms in total. The summed E-state index contributed by atoms with van der Waals surface area (Å²) in [5.41, 5.74) is -3.59. The molecule has 4 fully saturated rings. The van der Waals surface area contributed by atoms with Gasteiger partial charge in [0.1, 0.15) is 18.3 Å². The molecule has 0 bridgehead atoms. The van der Waals surface area contributed by atoms with Gasteiger partial charge >= 0.3 is 23.9 Å². The van der Waals surface area contributed by atoms with Gasteiger partial charge in [-0.3, -0.25) is 14.4 Å². The molecular weight excluding hydrogens is 472 g/mol. The summed E-state index contributed by atoms with van der Waals surface area (Å²) in [5, 5.41) is 0. The normalized spacial score (nSPS) is 50.0. The number of esters is 4. The zero-order valence-corrected chi connectivity index (χ0v) is 21.7. The molecular formula is C26H34O10. The van der Waals surface area contributed by atoms with Gasteiger partial charge in [-0.1, -0.05) is 12.5 Å². The molecule has 1 unspecified atom stereocenters. The van der Waals surface area contributed by atoms with E-state index in [9.17, 15) is 19.2 Å². The summed E-state index contributed by atoms with van der Waals surface area (Å²) < 4.78 is 36.0. The Labute approximate surface area is 209 Å². The van der Waals surface area contributed by atoms with Gasteiger partial charge in [0.05, 0.1) is 17.1 Å². The van der Waals surface area contributed by atoms with Crippen LogP contribution in [0.15, 0.2) is 11.6 Å². The fourth-order valence-electron chi connectivity index (χ4n) is 7.29. The first-order valence-electron chi connectivity index (χ1n) is 12.5. The maximum absolute atomic E-state index is 13.0. The quantitative estimate of drug-likeness (QED) is 0.243. The van der Waals surface area contributed by atoms with Crippen LogP contribution in [0.1, 0.15) is 67.7 Å². The molecule has 0 aromatic heterocycles. The predicted molar refractivity (Wildman–Crippen MR) is 121 cm³/mol. The Kier molecular flexibility index (Phi) is 5.44. The van der Waals surface area contributed by atoms with Crippen LogP contribution in [0.5, 0.6) is 0 Å². The van der Waals surface area contributed by atoms with E-state index in [-0.39, 0.29) is 6.10 Å². The highest BCUT2D eigenvalue weighted by molar-refractivity contribution is 5.89. The Bertz CT molecular complexity index is 1070. The number of carbonyl (C=O) groups is 4. The largest absolute Gasteiger partial charge is 0.462 e. The van der Waals surface area contributed by atoms with Crippen molar-refractivity contribution in [3.63, 3.8) is 0 Å². The zero-order chi connectivity index (χ0) is 26.4. The molecule has 0 aromatic rings. The van der Waals surface area contributed by atoms with Gasteiger partial charge in [0.2, 0.25) is 0 Å². The molecule has 5 aliphatic rings. The van der Waals surface area contributed by atoms with Crippen LogP contribution in [0.4, 0.5) is 0 Å². The third-order valence-corrected chi connectivity index (χ3v) is 9.08. The molecule has 198 valence electrons. The Morgan fingerprint density at radius 2 is 1.58 bits per heavy atom. The van der Waals surface area contributed by atoms with Gasteiger partial charge in [-0.15, -0.1) is 0 Å². The van der Waals surface area contributed by atoms with Crippen molar-refractivity contribution in [1.82, 2.24) is 0 Å². The zero-order valence-electron chi connectivity index (χ0n) is 21.7. The fraction of sp³-hybridized carbons (Fsp3) is 0.769. The summed E-state index contributed by atoms with van der Waals surface area (Å²) in [6.45, 7) is 11.3. The number of carbonyl (C=O) groups excluding carboxylic acids is 4. The van der Waals surface area contributed by atoms with Crippen molar-refractivity contribution in [1.29, 1.82) is 0 Å². The topological polar surface area (TPSA) is 130 Å². The fourth-order valence-corrected chi connectivity index (χ4v) is 7.29. The second kappa shape index (κ2) is 7.77. The average molecular weight is 507 g/mol. The monoisotopic (exact) mass is 506 g/mol. The molecule has 1 spiro atoms. The van der Waals surface area contributed by atoms with E-state index in [2.05, 4.69) is 0 Å². The van der Waals surface area contributed by atoms with Crippen molar-refractivity contribution in [2.45, 2.75) is 115 Å². The smallest absolute Gasteiger partial charge is 0.342 e. The average Bonchev–Trinajstić information content (AvgIpc) is 3.58. The molecule has 0 amide bonds. The number of rotatable bonds is 3. The number of hydrogen-bond acceptors (Lipinski definition) is 10. The second-order valence-electron chi connectivity index (χ2n) is 11.4. The lowest BCUT2D eigenvalue weighted by Gasteiger charge is -2.54. The first-order chi connectivity index (χ1) is 16.7. The molecule has 3 heterocycles. The molecule has 10 atom stereocenters. The minimum Gasteiger partial charge on any atom is -0.462 e. The Hall–Kier alpha value is -2.46. The van der Waals surface area contributed by atoms with Gasteiger partial charge in [0.25, 0.3) is 0 Å². The maximum atomic E-state index is 13.0. The van der Waals surface area contributed by atoms with Gasteiger partial charge < -0.3 is 28.4 Å². The van der Waals surface area contributed by atoms with Gasteiger partial charge in [0, 0.05) is 33.1 Å². The van der Waals surface area contributed by atoms with Crippen LogP contribution in [0.2, 0.25) is 0 Å². The Morgan fingerprint density at radius 1 is 0.972 bits per heavy atom. The molecule has 36 heavy (non-hydrogen) atoms. The molecule has 0 radical (unpaired) electrons. The van der Waals surface area contributed by atoms with Crippen molar-refractivity contribution in [2.75, 3.05) is 0 Å². The highest BCUT2D eigenvalue weighted by Crippen LogP contribution is 2.69. The second-order valence-corrected chi connectivity index (χ2v) is 11.4. The minimum absolute atomic E-state index is 0.283. The van der Waals surface area contributed by atoms with E-state index < -0.39 is 76.4 Å². The van der Waals surface area contributed by atoms with Crippen molar-refractivity contribution >= 4 is 23.9 Å². The van der Waals surface area contributed by atoms with E-state index in [1.54, 1.807) is 6.92 Å². The molecule has 1 saturated carbocycles. The number of allylic oxidation sites excluding steroid dienone is 1. The van der Waals surface area contributed by atoms with E-state index in [0.29, 0.717) is 19.3 Å². The van der Waals surface area contributed by atoms with Gasteiger partial charge in [0.15, 0.2) is 17.3 Å². The van der Waals surface area contributed by atoms with Crippen LogP contribution >= 0.6 is 0 Å². The van der Waals surface area contributed by atoms with Crippen LogP contribution in [0.25, 0.3) is 0 Å². The van der Waals surface area contributed by atoms with Crippen LogP contribution in [0.3, 0.4) is 0 Å². The molecule has 3 saturated heterocycles. The van der Waals surface area contributed by atoms with E-state index >= 15 is 0 Å². The summed E-state index contributed by atoms with van der Waals surface area (Å²) in [7, 11) is 0. The van der Waals surface area contributed by atoms with Crippen LogP contribution in [-0.4, -0.2) is 71.2 Å². The van der Waals surface area contributed by atoms with Gasteiger partial charge in [-0.2, -0.15) is 0 Å². The van der Waals surface area contributed by atoms with Crippen molar-refractivity contribution < 1.29 is 47.6 Å². The Balaban J connectivity index is 1.75. The number of ether oxygens (including phenoxy) is 6. The SMILES string of the molecule is CC(=O)O[C@H]1C[C@H]2O[C@@]2(C)[C@@H]2[C@@H](OC(C)=O)[C@]34OC3(C)C(=O)O[C@H]4/C=C(/C)CC[C@@H](OC(C)=O)[C@@]12C. The number of hydrogen-bond donors (Lipinski definition) is 0. The Morgan fingerprint density at radius 3 is 2.17 bits per heavy atom. The van der Waals surface area contributed by atoms with E-state index in [1.165, 1.54) is 20.8 Å². The van der Waals surface area contributed by atoms with E-state index in [4.69, 9.17) is 28.4 Å². The van der Waals surface area contributed by atoms with Crippen molar-refractivity contribution in [3.05, 3.63) is 11.6 Å². The summed E-state index contributed by atoms with van der Waals surface area (Å²) >= 11 is 0. The third kappa shape index (κ3) is 3.29. The van der Waals surface area contributed by atoms with Crippen LogP contribution < -0.4 is 0 Å². The molecule has 5 rings (SSSR count). The van der Waals surface area contributed by atoms with Crippen molar-refractivity contribution in [2.24, 2.45) is 11.3 Å². The molecule has 2 aliphatic carbocycles. The highest BCUT2D eigenvalue weighted by Gasteiger charge is 2.89.